The Hall–Kier alpha value is -2.55. The molecular weight excluding hydrogens is 332 g/mol. The topological polar surface area (TPSA) is 102 Å². The van der Waals surface area contributed by atoms with E-state index in [4.69, 9.17) is 12.2 Å². The minimum Gasteiger partial charge on any atom is -0.469 e. The molecule has 1 aromatic heterocycles. The summed E-state index contributed by atoms with van der Waals surface area (Å²) in [6.45, 7) is 1.77. The maximum Gasteiger partial charge on any atom is 0.328 e. The first-order valence-electron chi connectivity index (χ1n) is 7.14. The summed E-state index contributed by atoms with van der Waals surface area (Å²) < 4.78 is 9.24. The number of hydrogen-bond acceptors (Lipinski definition) is 7. The Kier molecular flexibility index (Phi) is 8.34. The van der Waals surface area contributed by atoms with Crippen LogP contribution in [0.5, 0.6) is 0 Å². The van der Waals surface area contributed by atoms with E-state index in [0.717, 1.165) is 0 Å². The Labute approximate surface area is 145 Å². The number of nitrogens with one attached hydrogen (secondary N) is 2. The zero-order chi connectivity index (χ0) is 17.9. The lowest BCUT2D eigenvalue weighted by Crippen LogP contribution is -2.45. The van der Waals surface area contributed by atoms with E-state index in [2.05, 4.69) is 30.3 Å². The third kappa shape index (κ3) is 6.69. The highest BCUT2D eigenvalue weighted by Gasteiger charge is 2.21. The number of nitrogens with zero attached hydrogens (tertiary/aromatic N) is 2. The SMILES string of the molecule is COC(=O)CC[C@H](NC(=S)N/N=C(\C)c1ccccn1)C(=O)OC. The largest absolute Gasteiger partial charge is 0.469 e. The Morgan fingerprint density at radius 2 is 2.08 bits per heavy atom. The molecule has 0 saturated heterocycles. The number of carbonyl (C=O) groups is 2. The molecule has 0 aromatic carbocycles. The van der Waals surface area contributed by atoms with Gasteiger partial charge >= 0.3 is 11.9 Å². The summed E-state index contributed by atoms with van der Waals surface area (Å²) in [5.74, 6) is -0.956. The van der Waals surface area contributed by atoms with Crippen molar-refractivity contribution in [2.45, 2.75) is 25.8 Å². The van der Waals surface area contributed by atoms with Crippen LogP contribution < -0.4 is 10.7 Å². The summed E-state index contributed by atoms with van der Waals surface area (Å²) >= 11 is 5.10. The third-order valence-corrected chi connectivity index (χ3v) is 3.23. The standard InChI is InChI=1S/C15H20N4O4S/c1-10(11-6-4-5-9-16-11)18-19-15(24)17-12(14(21)23-3)7-8-13(20)22-2/h4-6,9,12H,7-8H2,1-3H3,(H2,17,19,24)/b18-10+/t12-/m0/s1. The second kappa shape index (κ2) is 10.3. The van der Waals surface area contributed by atoms with Crippen molar-refractivity contribution in [3.8, 4) is 0 Å². The van der Waals surface area contributed by atoms with Crippen LogP contribution in [0.3, 0.4) is 0 Å². The highest BCUT2D eigenvalue weighted by molar-refractivity contribution is 7.80. The number of methoxy groups -OCH3 is 2. The lowest BCUT2D eigenvalue weighted by Gasteiger charge is -2.17. The van der Waals surface area contributed by atoms with Crippen LogP contribution in [0.25, 0.3) is 0 Å². The van der Waals surface area contributed by atoms with E-state index in [1.54, 1.807) is 19.2 Å². The fraction of sp³-hybridized carbons (Fsp3) is 0.400. The van der Waals surface area contributed by atoms with Crippen molar-refractivity contribution >= 4 is 35.0 Å². The molecule has 1 rings (SSSR count). The van der Waals surface area contributed by atoms with Gasteiger partial charge in [0, 0.05) is 12.6 Å². The van der Waals surface area contributed by atoms with Crippen molar-refractivity contribution in [2.75, 3.05) is 14.2 Å². The number of hydrogen-bond donors (Lipinski definition) is 2. The van der Waals surface area contributed by atoms with E-state index >= 15 is 0 Å². The van der Waals surface area contributed by atoms with E-state index in [0.29, 0.717) is 11.4 Å². The molecule has 1 heterocycles. The molecule has 8 nitrogen and oxygen atoms in total. The monoisotopic (exact) mass is 352 g/mol. The molecule has 0 saturated carbocycles. The highest BCUT2D eigenvalue weighted by atomic mass is 32.1. The molecule has 0 unspecified atom stereocenters. The van der Waals surface area contributed by atoms with Crippen molar-refractivity contribution in [3.05, 3.63) is 30.1 Å². The minimum atomic E-state index is -0.778. The van der Waals surface area contributed by atoms with Crippen LogP contribution in [-0.4, -0.2) is 48.0 Å². The maximum absolute atomic E-state index is 11.7. The molecule has 0 radical (unpaired) electrons. The lowest BCUT2D eigenvalue weighted by atomic mass is 10.1. The van der Waals surface area contributed by atoms with Crippen LogP contribution in [0, 0.1) is 0 Å². The van der Waals surface area contributed by atoms with Gasteiger partial charge in [0.05, 0.1) is 25.6 Å². The van der Waals surface area contributed by atoms with Crippen molar-refractivity contribution in [1.29, 1.82) is 0 Å². The molecular formula is C15H20N4O4S. The van der Waals surface area contributed by atoms with E-state index in [1.165, 1.54) is 14.2 Å². The predicted octanol–water partition coefficient (Wildman–Crippen LogP) is 0.764. The average Bonchev–Trinajstić information content (AvgIpc) is 2.62. The number of rotatable bonds is 7. The van der Waals surface area contributed by atoms with Crippen LogP contribution >= 0.6 is 12.2 Å². The van der Waals surface area contributed by atoms with Gasteiger partial charge in [-0.15, -0.1) is 0 Å². The summed E-state index contributed by atoms with van der Waals surface area (Å²) in [6, 6.07) is 4.68. The molecule has 0 spiro atoms. The van der Waals surface area contributed by atoms with Crippen molar-refractivity contribution < 1.29 is 19.1 Å². The number of hydrazone groups is 1. The molecule has 1 atom stereocenters. The second-order valence-electron chi connectivity index (χ2n) is 4.69. The van der Waals surface area contributed by atoms with E-state index in [9.17, 15) is 9.59 Å². The van der Waals surface area contributed by atoms with Gasteiger partial charge in [-0.1, -0.05) is 6.07 Å². The van der Waals surface area contributed by atoms with Crippen LogP contribution in [0.4, 0.5) is 0 Å². The first-order valence-corrected chi connectivity index (χ1v) is 7.55. The van der Waals surface area contributed by atoms with Crippen molar-refractivity contribution in [1.82, 2.24) is 15.7 Å². The van der Waals surface area contributed by atoms with Crippen LogP contribution in [0.15, 0.2) is 29.5 Å². The Balaban J connectivity index is 2.61. The van der Waals surface area contributed by atoms with Gasteiger partial charge in [0.2, 0.25) is 0 Å². The molecule has 1 aromatic rings. The summed E-state index contributed by atoms with van der Waals surface area (Å²) in [4.78, 5) is 27.1. The minimum absolute atomic E-state index is 0.0576. The predicted molar refractivity (Wildman–Crippen MR) is 92.4 cm³/mol. The number of esters is 2. The van der Waals surface area contributed by atoms with Crippen LogP contribution in [-0.2, 0) is 19.1 Å². The Bertz CT molecular complexity index is 607. The molecule has 0 fully saturated rings. The summed E-state index contributed by atoms with van der Waals surface area (Å²) in [7, 11) is 2.54. The summed E-state index contributed by atoms with van der Waals surface area (Å²) in [5, 5.41) is 7.00. The van der Waals surface area contributed by atoms with Gasteiger partial charge in [-0.3, -0.25) is 15.2 Å². The van der Waals surface area contributed by atoms with Gasteiger partial charge in [-0.25, -0.2) is 4.79 Å². The molecule has 0 bridgehead atoms. The first kappa shape index (κ1) is 19.5. The molecule has 0 amide bonds. The van der Waals surface area contributed by atoms with Gasteiger partial charge in [-0.05, 0) is 37.7 Å². The van der Waals surface area contributed by atoms with Gasteiger partial charge in [0.25, 0.3) is 0 Å². The summed E-state index contributed by atoms with van der Waals surface area (Å²) in [5.41, 5.74) is 3.96. The number of pyridine rings is 1. The first-order chi connectivity index (χ1) is 11.5. The van der Waals surface area contributed by atoms with E-state index < -0.39 is 18.0 Å². The fourth-order valence-corrected chi connectivity index (χ4v) is 1.90. The number of ether oxygens (including phenoxy) is 2. The molecule has 24 heavy (non-hydrogen) atoms. The zero-order valence-corrected chi connectivity index (χ0v) is 14.6. The Morgan fingerprint density at radius 3 is 2.67 bits per heavy atom. The molecule has 9 heteroatoms. The number of aromatic nitrogens is 1. The van der Waals surface area contributed by atoms with Crippen LogP contribution in [0.2, 0.25) is 0 Å². The molecule has 0 aliphatic rings. The van der Waals surface area contributed by atoms with Crippen LogP contribution in [0.1, 0.15) is 25.5 Å². The molecule has 2 N–H and O–H groups in total. The number of carbonyl (C=O) groups excluding carboxylic acids is 2. The fourth-order valence-electron chi connectivity index (χ4n) is 1.71. The zero-order valence-electron chi connectivity index (χ0n) is 13.7. The molecule has 0 aliphatic carbocycles. The smallest absolute Gasteiger partial charge is 0.328 e. The van der Waals surface area contributed by atoms with Crippen molar-refractivity contribution in [2.24, 2.45) is 5.10 Å². The molecule has 0 aliphatic heterocycles. The molecule has 130 valence electrons. The maximum atomic E-state index is 11.7. The second-order valence-corrected chi connectivity index (χ2v) is 5.10. The lowest BCUT2D eigenvalue weighted by molar-refractivity contribution is -0.144. The van der Waals surface area contributed by atoms with E-state index in [-0.39, 0.29) is 18.0 Å². The normalized spacial score (nSPS) is 12.0. The van der Waals surface area contributed by atoms with Crippen molar-refractivity contribution in [3.63, 3.8) is 0 Å². The van der Waals surface area contributed by atoms with Gasteiger partial charge in [0.15, 0.2) is 5.11 Å². The van der Waals surface area contributed by atoms with Gasteiger partial charge in [-0.2, -0.15) is 5.10 Å². The summed E-state index contributed by atoms with van der Waals surface area (Å²) in [6.07, 6.45) is 1.90. The number of thiocarbonyl (C=S) groups is 1. The van der Waals surface area contributed by atoms with Gasteiger partial charge in [0.1, 0.15) is 6.04 Å². The highest BCUT2D eigenvalue weighted by Crippen LogP contribution is 2.01. The Morgan fingerprint density at radius 1 is 1.33 bits per heavy atom. The quantitative estimate of drug-likeness (QED) is 0.321. The van der Waals surface area contributed by atoms with Gasteiger partial charge < -0.3 is 14.8 Å². The average molecular weight is 352 g/mol. The van der Waals surface area contributed by atoms with E-state index in [1.807, 2.05) is 12.1 Å². The third-order valence-electron chi connectivity index (χ3n) is 3.02.